The van der Waals surface area contributed by atoms with Crippen LogP contribution in [0.15, 0.2) is 50.6 Å². The van der Waals surface area contributed by atoms with Crippen LogP contribution in [-0.2, 0) is 11.5 Å². The lowest BCUT2D eigenvalue weighted by molar-refractivity contribution is 0.0803. The maximum atomic E-state index is 13.0. The summed E-state index contributed by atoms with van der Waals surface area (Å²) in [6.45, 7) is 10.9. The summed E-state index contributed by atoms with van der Waals surface area (Å²) < 4.78 is 20.1. The molecule has 0 saturated carbocycles. The molecule has 34 heavy (non-hydrogen) atoms. The Morgan fingerprint density at radius 2 is 1.74 bits per heavy atom. The van der Waals surface area contributed by atoms with Gasteiger partial charge in [-0.15, -0.1) is 0 Å². The zero-order valence-electron chi connectivity index (χ0n) is 20.3. The van der Waals surface area contributed by atoms with Crippen LogP contribution >= 0.6 is 15.9 Å². The first-order chi connectivity index (χ1) is 16.0. The fourth-order valence-corrected chi connectivity index (χ4v) is 4.58. The molecule has 0 amide bonds. The minimum absolute atomic E-state index is 0.101. The number of halogens is 1. The number of aryl methyl sites for hydroxylation is 2. The zero-order valence-corrected chi connectivity index (χ0v) is 22.9. The Morgan fingerprint density at radius 3 is 2.32 bits per heavy atom. The molecule has 0 radical (unpaired) electrons. The highest BCUT2D eigenvalue weighted by Crippen LogP contribution is 2.34. The summed E-state index contributed by atoms with van der Waals surface area (Å²) in [5.74, 6) is 2.03. The number of hydrogen-bond donors (Lipinski definition) is 0. The lowest BCUT2D eigenvalue weighted by Crippen LogP contribution is -2.41. The van der Waals surface area contributed by atoms with Gasteiger partial charge in [0.15, 0.2) is 0 Å². The second-order valence-electron chi connectivity index (χ2n) is 9.26. The van der Waals surface area contributed by atoms with Crippen molar-refractivity contribution in [2.24, 2.45) is 0 Å². The molecule has 0 aliphatic rings. The van der Waals surface area contributed by atoms with Crippen LogP contribution in [0.4, 0.5) is 0 Å². The number of aromatic nitrogens is 3. The first-order valence-electron chi connectivity index (χ1n) is 10.9. The molecule has 0 bridgehead atoms. The second kappa shape index (κ2) is 10.7. The minimum atomic E-state index is -1.27. The summed E-state index contributed by atoms with van der Waals surface area (Å²) in [6.07, 6.45) is 1.13. The van der Waals surface area contributed by atoms with Crippen LogP contribution in [0.5, 0.6) is 17.2 Å². The van der Waals surface area contributed by atoms with Crippen molar-refractivity contribution in [3.05, 3.63) is 73.0 Å². The first-order valence-corrected chi connectivity index (χ1v) is 15.4. The van der Waals surface area contributed by atoms with Crippen molar-refractivity contribution in [3.63, 3.8) is 0 Å². The molecule has 0 aliphatic carbocycles. The maximum Gasteiger partial charge on any atom is 0.354 e. The predicted molar refractivity (Wildman–Crippen MR) is 138 cm³/mol. The lowest BCUT2D eigenvalue weighted by Gasteiger charge is -2.16. The van der Waals surface area contributed by atoms with Gasteiger partial charge in [-0.2, -0.15) is 9.78 Å². The average molecular weight is 549 g/mol. The molecule has 0 atom stereocenters. The Bertz CT molecular complexity index is 1270. The molecule has 3 rings (SSSR count). The van der Waals surface area contributed by atoms with Crippen molar-refractivity contribution in [3.8, 4) is 22.9 Å². The summed E-state index contributed by atoms with van der Waals surface area (Å²) >= 11 is 3.46. The summed E-state index contributed by atoms with van der Waals surface area (Å²) in [6, 6.07) is 10.0. The Balaban J connectivity index is 1.87. The molecule has 2 aromatic carbocycles. The van der Waals surface area contributed by atoms with Crippen LogP contribution in [0.1, 0.15) is 11.1 Å². The highest BCUT2D eigenvalue weighted by atomic mass is 79.9. The van der Waals surface area contributed by atoms with Gasteiger partial charge < -0.3 is 14.2 Å². The molecule has 10 heteroatoms. The van der Waals surface area contributed by atoms with E-state index in [1.54, 1.807) is 19.2 Å². The normalized spacial score (nSPS) is 11.5. The molecule has 1 aromatic heterocycles. The third-order valence-corrected chi connectivity index (χ3v) is 7.54. The van der Waals surface area contributed by atoms with Gasteiger partial charge >= 0.3 is 5.69 Å². The van der Waals surface area contributed by atoms with Gasteiger partial charge in [0, 0.05) is 14.7 Å². The van der Waals surface area contributed by atoms with E-state index in [0.29, 0.717) is 29.5 Å². The van der Waals surface area contributed by atoms with E-state index in [9.17, 15) is 9.59 Å². The molecule has 0 aliphatic heterocycles. The Kier molecular flexibility index (Phi) is 8.16. The Hall–Kier alpha value is -2.69. The SMILES string of the molecule is COc1ccc(Oc2c(C)cc(-n3ncc(=O)n(COCC[Si](C)(C)C)c3=O)cc2C)cc1Br. The predicted octanol–water partition coefficient (Wildman–Crippen LogP) is 4.89. The molecule has 0 N–H and O–H groups in total. The average Bonchev–Trinajstić information content (AvgIpc) is 2.75. The molecule has 1 heterocycles. The van der Waals surface area contributed by atoms with Crippen LogP contribution in [0, 0.1) is 13.8 Å². The molecule has 0 unspecified atom stereocenters. The van der Waals surface area contributed by atoms with E-state index in [0.717, 1.165) is 32.4 Å². The van der Waals surface area contributed by atoms with Gasteiger partial charge in [0.05, 0.1) is 17.3 Å². The van der Waals surface area contributed by atoms with E-state index in [1.165, 1.54) is 4.68 Å². The number of methoxy groups -OCH3 is 1. The third kappa shape index (κ3) is 6.25. The molecule has 0 fully saturated rings. The maximum absolute atomic E-state index is 13.0. The van der Waals surface area contributed by atoms with Crippen LogP contribution < -0.4 is 20.7 Å². The standard InChI is InChI=1S/C24H30BrN3O5Si/c1-16-11-18(12-17(2)23(16)33-19-7-8-21(31-3)20(25)13-19)28-24(30)27(22(29)14-26-28)15-32-9-10-34(4,5)6/h7-8,11-14H,9-10,15H2,1-6H3. The third-order valence-electron chi connectivity index (χ3n) is 5.21. The molecule has 182 valence electrons. The van der Waals surface area contributed by atoms with Crippen LogP contribution in [0.2, 0.25) is 25.7 Å². The van der Waals surface area contributed by atoms with Gasteiger partial charge in [-0.1, -0.05) is 19.6 Å². The largest absolute Gasteiger partial charge is 0.496 e. The fraction of sp³-hybridized carbons (Fsp3) is 0.375. The van der Waals surface area contributed by atoms with E-state index < -0.39 is 19.3 Å². The summed E-state index contributed by atoms with van der Waals surface area (Å²) in [4.78, 5) is 25.3. The van der Waals surface area contributed by atoms with Crippen molar-refractivity contribution < 1.29 is 14.2 Å². The van der Waals surface area contributed by atoms with E-state index in [1.807, 2.05) is 32.0 Å². The highest BCUT2D eigenvalue weighted by Gasteiger charge is 2.15. The quantitative estimate of drug-likeness (QED) is 0.280. The summed E-state index contributed by atoms with van der Waals surface area (Å²) in [5.41, 5.74) is 1.14. The zero-order chi connectivity index (χ0) is 25.0. The number of benzene rings is 2. The van der Waals surface area contributed by atoms with Gasteiger partial charge in [-0.3, -0.25) is 4.79 Å². The molecule has 8 nitrogen and oxygen atoms in total. The topological polar surface area (TPSA) is 84.6 Å². The van der Waals surface area contributed by atoms with Crippen molar-refractivity contribution in [2.75, 3.05) is 13.7 Å². The monoisotopic (exact) mass is 547 g/mol. The molecule has 0 spiro atoms. The first kappa shape index (κ1) is 25.9. The van der Waals surface area contributed by atoms with E-state index >= 15 is 0 Å². The Morgan fingerprint density at radius 1 is 1.06 bits per heavy atom. The molecule has 3 aromatic rings. The highest BCUT2D eigenvalue weighted by molar-refractivity contribution is 9.10. The molecule has 0 saturated heterocycles. The summed E-state index contributed by atoms with van der Waals surface area (Å²) in [5, 5.41) is 4.06. The number of rotatable bonds is 9. The van der Waals surface area contributed by atoms with Crippen molar-refractivity contribution in [2.45, 2.75) is 46.3 Å². The van der Waals surface area contributed by atoms with Gasteiger partial charge in [0.1, 0.15) is 30.2 Å². The number of ether oxygens (including phenoxy) is 3. The van der Waals surface area contributed by atoms with E-state index in [2.05, 4.69) is 40.7 Å². The summed E-state index contributed by atoms with van der Waals surface area (Å²) in [7, 11) is 0.334. The Labute approximate surface area is 208 Å². The van der Waals surface area contributed by atoms with Crippen LogP contribution in [-0.4, -0.2) is 36.1 Å². The molecular weight excluding hydrogens is 518 g/mol. The van der Waals surface area contributed by atoms with Crippen LogP contribution in [0.3, 0.4) is 0 Å². The van der Waals surface area contributed by atoms with Gasteiger partial charge in [0.25, 0.3) is 5.56 Å². The van der Waals surface area contributed by atoms with Gasteiger partial charge in [0.2, 0.25) is 0 Å². The van der Waals surface area contributed by atoms with Crippen molar-refractivity contribution in [1.82, 2.24) is 14.3 Å². The van der Waals surface area contributed by atoms with Crippen LogP contribution in [0.25, 0.3) is 5.69 Å². The van der Waals surface area contributed by atoms with Crippen molar-refractivity contribution >= 4 is 24.0 Å². The van der Waals surface area contributed by atoms with E-state index in [-0.39, 0.29) is 6.73 Å². The fourth-order valence-electron chi connectivity index (χ4n) is 3.30. The number of nitrogens with zero attached hydrogens (tertiary/aromatic N) is 3. The van der Waals surface area contributed by atoms with E-state index in [4.69, 9.17) is 14.2 Å². The second-order valence-corrected chi connectivity index (χ2v) is 15.7. The van der Waals surface area contributed by atoms with Crippen molar-refractivity contribution in [1.29, 1.82) is 0 Å². The minimum Gasteiger partial charge on any atom is -0.496 e. The van der Waals surface area contributed by atoms with Gasteiger partial charge in [-0.25, -0.2) is 9.36 Å². The lowest BCUT2D eigenvalue weighted by atomic mass is 10.1. The number of hydrogen-bond acceptors (Lipinski definition) is 6. The van der Waals surface area contributed by atoms with Gasteiger partial charge in [-0.05, 0) is 77.3 Å². The smallest absolute Gasteiger partial charge is 0.354 e. The molecular formula is C24H30BrN3O5Si.